The molecule has 0 aromatic carbocycles. The summed E-state index contributed by atoms with van der Waals surface area (Å²) in [5.41, 5.74) is -0.666. The molecule has 0 bridgehead atoms. The Morgan fingerprint density at radius 3 is 1.65 bits per heavy atom. The van der Waals surface area contributed by atoms with Crippen molar-refractivity contribution in [3.8, 4) is 0 Å². The van der Waals surface area contributed by atoms with Gasteiger partial charge < -0.3 is 9.47 Å². The fraction of sp³-hybridized carbons (Fsp3) is 0.714. The van der Waals surface area contributed by atoms with Gasteiger partial charge in [0.25, 0.3) is 0 Å². The van der Waals surface area contributed by atoms with Crippen molar-refractivity contribution < 1.29 is 28.7 Å². The molecule has 0 atom stereocenters. The van der Waals surface area contributed by atoms with Crippen LogP contribution in [0.2, 0.25) is 0 Å². The van der Waals surface area contributed by atoms with Gasteiger partial charge in [-0.3, -0.25) is 19.2 Å². The quantitative estimate of drug-likeness (QED) is 0.497. The minimum absolute atomic E-state index is 0.202. The van der Waals surface area contributed by atoms with E-state index in [0.717, 1.165) is 0 Å². The first-order valence-electron chi connectivity index (χ1n) is 6.50. The predicted octanol–water partition coefficient (Wildman–Crippen LogP) is 1.75. The lowest BCUT2D eigenvalue weighted by molar-refractivity contribution is -0.172. The Labute approximate surface area is 117 Å². The zero-order chi connectivity index (χ0) is 15.6. The number of esters is 4. The van der Waals surface area contributed by atoms with E-state index in [4.69, 9.17) is 0 Å². The second kappa shape index (κ2) is 5.73. The van der Waals surface area contributed by atoms with Gasteiger partial charge in [0, 0.05) is 6.42 Å². The molecule has 2 heterocycles. The number of rotatable bonds is 0. The fourth-order valence-corrected chi connectivity index (χ4v) is 1.85. The number of hydrogen-bond donors (Lipinski definition) is 0. The Hall–Kier alpha value is -1.72. The van der Waals surface area contributed by atoms with Gasteiger partial charge >= 0.3 is 23.9 Å². The minimum atomic E-state index is -0.464. The first-order valence-corrected chi connectivity index (χ1v) is 6.50. The number of ether oxygens (including phenoxy) is 2. The molecule has 0 radical (unpaired) electrons. The first kappa shape index (κ1) is 16.3. The Morgan fingerprint density at radius 2 is 1.30 bits per heavy atom. The molecule has 20 heavy (non-hydrogen) atoms. The van der Waals surface area contributed by atoms with Gasteiger partial charge in [-0.05, 0) is 25.7 Å². The van der Waals surface area contributed by atoms with Crippen LogP contribution in [0.4, 0.5) is 0 Å². The van der Waals surface area contributed by atoms with Gasteiger partial charge in [-0.15, -0.1) is 0 Å². The molecule has 0 amide bonds. The fourth-order valence-electron chi connectivity index (χ4n) is 1.85. The average Bonchev–Trinajstić information content (AvgIpc) is 2.22. The van der Waals surface area contributed by atoms with E-state index in [1.54, 1.807) is 13.8 Å². The molecule has 0 N–H and O–H groups in total. The summed E-state index contributed by atoms with van der Waals surface area (Å²) in [6.07, 6.45) is 1.65. The molecule has 0 aromatic rings. The Balaban J connectivity index is 0.000000200. The molecule has 112 valence electrons. The third-order valence-electron chi connectivity index (χ3n) is 3.19. The van der Waals surface area contributed by atoms with Crippen molar-refractivity contribution in [3.63, 3.8) is 0 Å². The maximum atomic E-state index is 10.9. The van der Waals surface area contributed by atoms with E-state index in [0.29, 0.717) is 25.7 Å². The van der Waals surface area contributed by atoms with E-state index in [1.807, 2.05) is 13.8 Å². The summed E-state index contributed by atoms with van der Waals surface area (Å²) in [6.45, 7) is 7.32. The topological polar surface area (TPSA) is 86.7 Å². The van der Waals surface area contributed by atoms with Crippen LogP contribution in [-0.4, -0.2) is 23.9 Å². The van der Waals surface area contributed by atoms with E-state index < -0.39 is 29.3 Å². The summed E-state index contributed by atoms with van der Waals surface area (Å²) in [6, 6.07) is 0. The molecule has 2 saturated heterocycles. The summed E-state index contributed by atoms with van der Waals surface area (Å²) in [5.74, 6) is -1.60. The van der Waals surface area contributed by atoms with E-state index in [2.05, 4.69) is 9.47 Å². The summed E-state index contributed by atoms with van der Waals surface area (Å²) < 4.78 is 8.77. The molecule has 2 rings (SSSR count). The molecule has 0 aromatic heterocycles. The molecule has 2 aliphatic heterocycles. The molecule has 2 aliphatic rings. The maximum Gasteiger partial charge on any atom is 0.319 e. The lowest BCUT2D eigenvalue weighted by Crippen LogP contribution is -2.34. The van der Waals surface area contributed by atoms with Gasteiger partial charge in [-0.1, -0.05) is 13.8 Å². The molecule has 2 fully saturated rings. The number of hydrogen-bond acceptors (Lipinski definition) is 6. The molecular formula is C14H20O6. The van der Waals surface area contributed by atoms with Crippen LogP contribution in [0.1, 0.15) is 53.4 Å². The van der Waals surface area contributed by atoms with Crippen molar-refractivity contribution in [1.82, 2.24) is 0 Å². The van der Waals surface area contributed by atoms with Crippen molar-refractivity contribution in [1.29, 1.82) is 0 Å². The smallest absolute Gasteiger partial charge is 0.319 e. The molecule has 0 spiro atoms. The Morgan fingerprint density at radius 1 is 0.800 bits per heavy atom. The van der Waals surface area contributed by atoms with Crippen LogP contribution in [0.15, 0.2) is 0 Å². The van der Waals surface area contributed by atoms with Gasteiger partial charge in [0.2, 0.25) is 0 Å². The number of cyclic esters (lactones) is 4. The van der Waals surface area contributed by atoms with Crippen molar-refractivity contribution >= 4 is 23.9 Å². The zero-order valence-electron chi connectivity index (χ0n) is 12.3. The van der Waals surface area contributed by atoms with Crippen LogP contribution >= 0.6 is 0 Å². The van der Waals surface area contributed by atoms with Gasteiger partial charge in [-0.25, -0.2) is 0 Å². The summed E-state index contributed by atoms with van der Waals surface area (Å²) >= 11 is 0. The molecule has 0 aliphatic carbocycles. The van der Waals surface area contributed by atoms with Gasteiger partial charge in [-0.2, -0.15) is 0 Å². The Kier molecular flexibility index (Phi) is 4.68. The molecule has 6 heteroatoms. The van der Waals surface area contributed by atoms with Crippen LogP contribution in [0.5, 0.6) is 0 Å². The SMILES string of the molecule is CC1(C)CC(=O)OC(=O)C1.CC1(C)CCC(=O)OC1=O. The standard InChI is InChI=1S/2C7H10O3/c1-7(2)3-5(8)10-6(9)4-7;1-7(2)4-3-5(8)10-6(7)9/h2*3-4H2,1-2H3. The lowest BCUT2D eigenvalue weighted by atomic mass is 9.84. The highest BCUT2D eigenvalue weighted by molar-refractivity contribution is 5.91. The van der Waals surface area contributed by atoms with Gasteiger partial charge in [0.1, 0.15) is 0 Å². The highest BCUT2D eigenvalue weighted by Crippen LogP contribution is 2.29. The Bertz CT molecular complexity index is 429. The lowest BCUT2D eigenvalue weighted by Gasteiger charge is -2.25. The molecule has 6 nitrogen and oxygen atoms in total. The monoisotopic (exact) mass is 284 g/mol. The van der Waals surface area contributed by atoms with Crippen LogP contribution in [-0.2, 0) is 28.7 Å². The van der Waals surface area contributed by atoms with Gasteiger partial charge in [0.05, 0.1) is 18.3 Å². The highest BCUT2D eigenvalue weighted by atomic mass is 16.6. The predicted molar refractivity (Wildman–Crippen MR) is 68.2 cm³/mol. The van der Waals surface area contributed by atoms with Crippen LogP contribution in [0, 0.1) is 10.8 Å². The normalized spacial score (nSPS) is 24.2. The van der Waals surface area contributed by atoms with Crippen molar-refractivity contribution in [3.05, 3.63) is 0 Å². The van der Waals surface area contributed by atoms with E-state index in [-0.39, 0.29) is 5.41 Å². The zero-order valence-corrected chi connectivity index (χ0v) is 12.3. The van der Waals surface area contributed by atoms with E-state index >= 15 is 0 Å². The molecule has 0 unspecified atom stereocenters. The summed E-state index contributed by atoms with van der Waals surface area (Å²) in [7, 11) is 0. The van der Waals surface area contributed by atoms with Crippen molar-refractivity contribution in [2.75, 3.05) is 0 Å². The molecule has 0 saturated carbocycles. The average molecular weight is 284 g/mol. The van der Waals surface area contributed by atoms with Crippen LogP contribution < -0.4 is 0 Å². The third-order valence-corrected chi connectivity index (χ3v) is 3.19. The first-order chi connectivity index (χ1) is 9.02. The summed E-state index contributed by atoms with van der Waals surface area (Å²) in [4.78, 5) is 42.7. The largest absolute Gasteiger partial charge is 0.393 e. The number of carbonyl (C=O) groups excluding carboxylic acids is 4. The van der Waals surface area contributed by atoms with Crippen molar-refractivity contribution in [2.24, 2.45) is 10.8 Å². The second-order valence-corrected chi connectivity index (χ2v) is 6.51. The van der Waals surface area contributed by atoms with Crippen LogP contribution in [0.25, 0.3) is 0 Å². The van der Waals surface area contributed by atoms with E-state index in [1.165, 1.54) is 0 Å². The number of carbonyl (C=O) groups is 4. The third kappa shape index (κ3) is 4.75. The van der Waals surface area contributed by atoms with Gasteiger partial charge in [0.15, 0.2) is 0 Å². The van der Waals surface area contributed by atoms with Crippen molar-refractivity contribution in [2.45, 2.75) is 53.4 Å². The minimum Gasteiger partial charge on any atom is -0.393 e. The molecular weight excluding hydrogens is 264 g/mol. The van der Waals surface area contributed by atoms with Crippen LogP contribution in [0.3, 0.4) is 0 Å². The van der Waals surface area contributed by atoms with E-state index in [9.17, 15) is 19.2 Å². The summed E-state index contributed by atoms with van der Waals surface area (Å²) in [5, 5.41) is 0. The second-order valence-electron chi connectivity index (χ2n) is 6.51. The highest BCUT2D eigenvalue weighted by Gasteiger charge is 2.36. The maximum absolute atomic E-state index is 10.9.